The second-order valence-corrected chi connectivity index (χ2v) is 6.73. The maximum absolute atomic E-state index is 12.0. The van der Waals surface area contributed by atoms with Crippen molar-refractivity contribution in [1.82, 2.24) is 20.4 Å². The lowest BCUT2D eigenvalue weighted by Crippen LogP contribution is -2.55. The molecule has 0 unspecified atom stereocenters. The number of rotatable bonds is 6. The molecule has 0 saturated carbocycles. The van der Waals surface area contributed by atoms with Crippen LogP contribution in [0.1, 0.15) is 12.5 Å². The van der Waals surface area contributed by atoms with E-state index in [0.29, 0.717) is 19.1 Å². The maximum Gasteiger partial charge on any atom is 0.314 e. The van der Waals surface area contributed by atoms with E-state index in [1.807, 2.05) is 38.1 Å². The topological polar surface area (TPSA) is 56.8 Å². The molecule has 1 aromatic rings. The maximum atomic E-state index is 12.0. The third kappa shape index (κ3) is 6.02. The third-order valence-electron chi connectivity index (χ3n) is 4.39. The number of benzene rings is 1. The lowest BCUT2D eigenvalue weighted by atomic mass is 10.2. The molecule has 2 rings (SSSR count). The van der Waals surface area contributed by atoms with Gasteiger partial charge in [-0.1, -0.05) is 17.7 Å². The highest BCUT2D eigenvalue weighted by atomic mass is 16.5. The number of urea groups is 1. The largest absolute Gasteiger partial charge is 0.489 e. The summed E-state index contributed by atoms with van der Waals surface area (Å²) in [6, 6.07) is 8.13. The zero-order chi connectivity index (χ0) is 17.5. The van der Waals surface area contributed by atoms with E-state index in [1.54, 1.807) is 0 Å². The van der Waals surface area contributed by atoms with Gasteiger partial charge in [-0.05, 0) is 40.1 Å². The number of amides is 2. The number of piperazine rings is 1. The number of nitrogens with zero attached hydrogens (tertiary/aromatic N) is 2. The summed E-state index contributed by atoms with van der Waals surface area (Å²) in [5.41, 5.74) is 1.20. The first-order valence-electron chi connectivity index (χ1n) is 8.58. The molecule has 1 aliphatic heterocycles. The Morgan fingerprint density at radius 2 is 1.96 bits per heavy atom. The molecule has 2 atom stereocenters. The van der Waals surface area contributed by atoms with Crippen molar-refractivity contribution in [2.45, 2.75) is 26.0 Å². The van der Waals surface area contributed by atoms with E-state index in [2.05, 4.69) is 34.5 Å². The number of hydrogen-bond donors (Lipinski definition) is 2. The van der Waals surface area contributed by atoms with Gasteiger partial charge in [0.05, 0.1) is 6.54 Å². The first kappa shape index (κ1) is 18.5. The predicted molar refractivity (Wildman–Crippen MR) is 96.6 cm³/mol. The molecule has 6 nitrogen and oxygen atoms in total. The quantitative estimate of drug-likeness (QED) is 0.824. The number of hydrogen-bond acceptors (Lipinski definition) is 4. The van der Waals surface area contributed by atoms with Crippen LogP contribution in [0.2, 0.25) is 0 Å². The van der Waals surface area contributed by atoms with Crippen molar-refractivity contribution in [1.29, 1.82) is 0 Å². The molecule has 0 radical (unpaired) electrons. The SMILES string of the molecule is Cc1ccc(O[C@@H](C)CNC(=O)NC[C@H]2CN(C)CCN2C)cc1. The van der Waals surface area contributed by atoms with Crippen LogP contribution < -0.4 is 15.4 Å². The van der Waals surface area contributed by atoms with Gasteiger partial charge in [0.15, 0.2) is 0 Å². The zero-order valence-electron chi connectivity index (χ0n) is 15.2. The van der Waals surface area contributed by atoms with Gasteiger partial charge in [-0.2, -0.15) is 0 Å². The monoisotopic (exact) mass is 334 g/mol. The minimum atomic E-state index is -0.143. The predicted octanol–water partition coefficient (Wildman–Crippen LogP) is 1.31. The van der Waals surface area contributed by atoms with Gasteiger partial charge in [0.2, 0.25) is 0 Å². The molecule has 1 heterocycles. The fraction of sp³-hybridized carbons (Fsp3) is 0.611. The van der Waals surface area contributed by atoms with Crippen LogP contribution in [0.25, 0.3) is 0 Å². The van der Waals surface area contributed by atoms with Crippen molar-refractivity contribution in [2.24, 2.45) is 0 Å². The van der Waals surface area contributed by atoms with Gasteiger partial charge in [0.25, 0.3) is 0 Å². The summed E-state index contributed by atoms with van der Waals surface area (Å²) in [6.07, 6.45) is -0.0815. The summed E-state index contributed by atoms with van der Waals surface area (Å²) in [4.78, 5) is 16.6. The van der Waals surface area contributed by atoms with E-state index in [4.69, 9.17) is 4.74 Å². The summed E-state index contributed by atoms with van der Waals surface area (Å²) in [7, 11) is 4.22. The van der Waals surface area contributed by atoms with Crippen molar-refractivity contribution < 1.29 is 9.53 Å². The van der Waals surface area contributed by atoms with Gasteiger partial charge in [0.1, 0.15) is 11.9 Å². The van der Waals surface area contributed by atoms with Crippen LogP contribution in [0.15, 0.2) is 24.3 Å². The van der Waals surface area contributed by atoms with Gasteiger partial charge in [-0.15, -0.1) is 0 Å². The van der Waals surface area contributed by atoms with Gasteiger partial charge in [0, 0.05) is 32.2 Å². The van der Waals surface area contributed by atoms with Crippen molar-refractivity contribution in [3.8, 4) is 5.75 Å². The van der Waals surface area contributed by atoms with Crippen molar-refractivity contribution in [3.63, 3.8) is 0 Å². The molecule has 0 aromatic heterocycles. The van der Waals surface area contributed by atoms with E-state index in [0.717, 1.165) is 25.4 Å². The average molecular weight is 334 g/mol. The van der Waals surface area contributed by atoms with E-state index >= 15 is 0 Å². The van der Waals surface area contributed by atoms with Gasteiger partial charge in [-0.25, -0.2) is 4.79 Å². The lowest BCUT2D eigenvalue weighted by molar-refractivity contribution is 0.114. The van der Waals surface area contributed by atoms with Gasteiger partial charge >= 0.3 is 6.03 Å². The Hall–Kier alpha value is -1.79. The van der Waals surface area contributed by atoms with E-state index in [9.17, 15) is 4.79 Å². The van der Waals surface area contributed by atoms with Crippen LogP contribution in [-0.4, -0.2) is 74.8 Å². The normalized spacial score (nSPS) is 20.4. The summed E-state index contributed by atoms with van der Waals surface area (Å²) >= 11 is 0. The van der Waals surface area contributed by atoms with Crippen LogP contribution in [0.5, 0.6) is 5.75 Å². The Morgan fingerprint density at radius 3 is 2.67 bits per heavy atom. The average Bonchev–Trinajstić information content (AvgIpc) is 2.56. The highest BCUT2D eigenvalue weighted by Gasteiger charge is 2.22. The van der Waals surface area contributed by atoms with Crippen LogP contribution in [0, 0.1) is 6.92 Å². The number of carbonyl (C=O) groups is 1. The Kier molecular flexibility index (Phi) is 6.87. The fourth-order valence-electron chi connectivity index (χ4n) is 2.72. The van der Waals surface area contributed by atoms with Crippen LogP contribution in [-0.2, 0) is 0 Å². The number of ether oxygens (including phenoxy) is 1. The summed E-state index contributed by atoms with van der Waals surface area (Å²) in [6.45, 7) is 8.20. The van der Waals surface area contributed by atoms with E-state index in [-0.39, 0.29) is 12.1 Å². The summed E-state index contributed by atoms with van der Waals surface area (Å²) in [5.74, 6) is 0.821. The molecule has 0 spiro atoms. The molecule has 24 heavy (non-hydrogen) atoms. The number of aryl methyl sites for hydroxylation is 1. The molecule has 1 saturated heterocycles. The highest BCUT2D eigenvalue weighted by molar-refractivity contribution is 5.73. The number of carbonyl (C=O) groups excluding carboxylic acids is 1. The first-order chi connectivity index (χ1) is 11.4. The molecular weight excluding hydrogens is 304 g/mol. The second kappa shape index (κ2) is 8.89. The smallest absolute Gasteiger partial charge is 0.314 e. The van der Waals surface area contributed by atoms with Crippen molar-refractivity contribution >= 4 is 6.03 Å². The lowest BCUT2D eigenvalue weighted by Gasteiger charge is -2.37. The minimum absolute atomic E-state index is 0.0815. The number of likely N-dealkylation sites (N-methyl/N-ethyl adjacent to an activating group) is 2. The molecular formula is C18H30N4O2. The van der Waals surface area contributed by atoms with Crippen LogP contribution in [0.3, 0.4) is 0 Å². The summed E-state index contributed by atoms with van der Waals surface area (Å²) in [5, 5.41) is 5.83. The molecule has 0 bridgehead atoms. The molecule has 134 valence electrons. The number of nitrogens with one attached hydrogen (secondary N) is 2. The van der Waals surface area contributed by atoms with E-state index in [1.165, 1.54) is 5.56 Å². The molecule has 6 heteroatoms. The van der Waals surface area contributed by atoms with E-state index < -0.39 is 0 Å². The molecule has 1 aliphatic rings. The standard InChI is InChI=1S/C18H30N4O2/c1-14-5-7-17(8-6-14)24-15(2)11-19-18(23)20-12-16-13-21(3)9-10-22(16)4/h5-8,15-16H,9-13H2,1-4H3,(H2,19,20,23)/t15-,16-/m0/s1. The minimum Gasteiger partial charge on any atom is -0.489 e. The Labute approximate surface area is 145 Å². The zero-order valence-corrected chi connectivity index (χ0v) is 15.2. The molecule has 1 aromatic carbocycles. The van der Waals surface area contributed by atoms with Crippen LogP contribution >= 0.6 is 0 Å². The van der Waals surface area contributed by atoms with Crippen LogP contribution in [0.4, 0.5) is 4.79 Å². The third-order valence-corrected chi connectivity index (χ3v) is 4.39. The first-order valence-corrected chi connectivity index (χ1v) is 8.58. The Balaban J connectivity index is 1.66. The van der Waals surface area contributed by atoms with Crippen molar-refractivity contribution in [3.05, 3.63) is 29.8 Å². The molecule has 0 aliphatic carbocycles. The molecule has 2 N–H and O–H groups in total. The van der Waals surface area contributed by atoms with Gasteiger partial charge < -0.3 is 20.3 Å². The fourth-order valence-corrected chi connectivity index (χ4v) is 2.72. The molecule has 2 amide bonds. The highest BCUT2D eigenvalue weighted by Crippen LogP contribution is 2.12. The Bertz CT molecular complexity index is 520. The second-order valence-electron chi connectivity index (χ2n) is 6.73. The van der Waals surface area contributed by atoms with Crippen molar-refractivity contribution in [2.75, 3.05) is 46.8 Å². The summed E-state index contributed by atoms with van der Waals surface area (Å²) < 4.78 is 5.79. The van der Waals surface area contributed by atoms with Gasteiger partial charge in [-0.3, -0.25) is 4.90 Å². The Morgan fingerprint density at radius 1 is 1.25 bits per heavy atom. The molecule has 1 fully saturated rings.